The highest BCUT2D eigenvalue weighted by molar-refractivity contribution is 5.93. The Morgan fingerprint density at radius 3 is 2.40 bits per heavy atom. The second-order valence-electron chi connectivity index (χ2n) is 4.08. The fourth-order valence-corrected chi connectivity index (χ4v) is 2.02. The molecule has 0 bridgehead atoms. The molecule has 1 aliphatic carbocycles. The minimum atomic E-state index is -0.303. The fraction of sp³-hybridized carbons (Fsp3) is 0.462. The Labute approximate surface area is 90.0 Å². The van der Waals surface area contributed by atoms with Crippen LogP contribution in [0.3, 0.4) is 0 Å². The molecule has 80 valence electrons. The second kappa shape index (κ2) is 5.06. The predicted molar refractivity (Wildman–Crippen MR) is 61.0 cm³/mol. The first-order valence-electron chi connectivity index (χ1n) is 5.65. The van der Waals surface area contributed by atoms with Gasteiger partial charge in [0.2, 0.25) is 5.97 Å². The van der Waals surface area contributed by atoms with Gasteiger partial charge in [0, 0.05) is 5.56 Å². The van der Waals surface area contributed by atoms with Crippen molar-refractivity contribution in [1.82, 2.24) is 0 Å². The number of benzene rings is 1. The molecule has 1 aromatic rings. The summed E-state index contributed by atoms with van der Waals surface area (Å²) in [4.78, 5) is 4.16. The first-order chi connectivity index (χ1) is 7.36. The van der Waals surface area contributed by atoms with Crippen LogP contribution in [0.15, 0.2) is 35.3 Å². The third-order valence-electron chi connectivity index (χ3n) is 2.88. The van der Waals surface area contributed by atoms with E-state index in [0.717, 1.165) is 12.8 Å². The second-order valence-corrected chi connectivity index (χ2v) is 4.08. The van der Waals surface area contributed by atoms with Crippen molar-refractivity contribution in [2.24, 2.45) is 4.99 Å². The molecule has 0 spiro atoms. The average molecular weight is 205 g/mol. The van der Waals surface area contributed by atoms with E-state index in [2.05, 4.69) is 4.99 Å². The zero-order chi connectivity index (χ0) is 10.5. The number of aliphatic imine (C=N–C) groups is 1. The third-order valence-corrected chi connectivity index (χ3v) is 2.88. The molecule has 1 fully saturated rings. The molecule has 0 saturated heterocycles. The molecule has 0 amide bonds. The van der Waals surface area contributed by atoms with Crippen LogP contribution in [0.25, 0.3) is 0 Å². The van der Waals surface area contributed by atoms with Gasteiger partial charge in [-0.15, -0.1) is 0 Å². The summed E-state index contributed by atoms with van der Waals surface area (Å²) in [5.41, 5.74) is 0.600. The molecule has 0 aromatic heterocycles. The molecule has 0 atom stereocenters. The number of rotatable bonds is 2. The summed E-state index contributed by atoms with van der Waals surface area (Å²) in [6.07, 6.45) is 5.74. The minimum absolute atomic E-state index is 0.207. The third kappa shape index (κ3) is 2.88. The average Bonchev–Trinajstić information content (AvgIpc) is 2.31. The Morgan fingerprint density at radius 2 is 1.73 bits per heavy atom. The molecule has 2 heteroatoms. The number of hydrogen-bond donors (Lipinski definition) is 0. The summed E-state index contributed by atoms with van der Waals surface area (Å²) in [6, 6.07) is 9.30. The summed E-state index contributed by atoms with van der Waals surface area (Å²) in [5, 5.41) is 0. The van der Waals surface area contributed by atoms with Crippen LogP contribution < -0.4 is 0 Å². The highest BCUT2D eigenvalue weighted by Crippen LogP contribution is 2.21. The smallest absolute Gasteiger partial charge is 0.215 e. The van der Waals surface area contributed by atoms with E-state index in [4.69, 9.17) is 0 Å². The molecule has 0 N–H and O–H groups in total. The van der Waals surface area contributed by atoms with Crippen molar-refractivity contribution in [2.45, 2.75) is 38.1 Å². The van der Waals surface area contributed by atoms with E-state index in [1.807, 2.05) is 18.2 Å². The van der Waals surface area contributed by atoms with Crippen LogP contribution in [0.5, 0.6) is 0 Å². The summed E-state index contributed by atoms with van der Waals surface area (Å²) in [7, 11) is 0. The lowest BCUT2D eigenvalue weighted by Crippen LogP contribution is -2.11. The SMILES string of the molecule is FC(=NC1CCCCC1)c1ccccc1. The van der Waals surface area contributed by atoms with Crippen LogP contribution in [0.1, 0.15) is 37.7 Å². The van der Waals surface area contributed by atoms with Crippen LogP contribution in [-0.2, 0) is 0 Å². The maximum Gasteiger partial charge on any atom is 0.215 e. The van der Waals surface area contributed by atoms with Crippen molar-refractivity contribution in [2.75, 3.05) is 0 Å². The van der Waals surface area contributed by atoms with E-state index < -0.39 is 0 Å². The maximum atomic E-state index is 13.7. The van der Waals surface area contributed by atoms with Gasteiger partial charge in [0.25, 0.3) is 0 Å². The molecule has 15 heavy (non-hydrogen) atoms. The largest absolute Gasteiger partial charge is 0.254 e. The lowest BCUT2D eigenvalue weighted by molar-refractivity contribution is 0.440. The zero-order valence-electron chi connectivity index (χ0n) is 8.82. The normalized spacial score (nSPS) is 19.1. The number of nitrogens with zero attached hydrogens (tertiary/aromatic N) is 1. The van der Waals surface area contributed by atoms with Crippen molar-refractivity contribution in [3.05, 3.63) is 35.9 Å². The molecule has 0 radical (unpaired) electrons. The van der Waals surface area contributed by atoms with Crippen molar-refractivity contribution in [3.8, 4) is 0 Å². The summed E-state index contributed by atoms with van der Waals surface area (Å²) < 4.78 is 13.7. The van der Waals surface area contributed by atoms with Gasteiger partial charge in [-0.1, -0.05) is 49.6 Å². The van der Waals surface area contributed by atoms with Crippen molar-refractivity contribution >= 4 is 5.97 Å². The van der Waals surface area contributed by atoms with Crippen LogP contribution in [0, 0.1) is 0 Å². The van der Waals surface area contributed by atoms with Crippen LogP contribution in [0.4, 0.5) is 4.39 Å². The molecule has 0 unspecified atom stereocenters. The van der Waals surface area contributed by atoms with E-state index in [1.54, 1.807) is 12.1 Å². The molecular formula is C13H16FN. The van der Waals surface area contributed by atoms with E-state index in [0.29, 0.717) is 5.56 Å². The van der Waals surface area contributed by atoms with Gasteiger partial charge in [-0.25, -0.2) is 0 Å². The van der Waals surface area contributed by atoms with Gasteiger partial charge in [-0.05, 0) is 12.8 Å². The van der Waals surface area contributed by atoms with Gasteiger partial charge in [0.1, 0.15) is 0 Å². The van der Waals surface area contributed by atoms with E-state index >= 15 is 0 Å². The lowest BCUT2D eigenvalue weighted by atomic mass is 9.96. The van der Waals surface area contributed by atoms with Gasteiger partial charge in [-0.3, -0.25) is 4.99 Å². The molecule has 1 aliphatic rings. The fourth-order valence-electron chi connectivity index (χ4n) is 2.02. The molecule has 2 rings (SSSR count). The lowest BCUT2D eigenvalue weighted by Gasteiger charge is -2.17. The minimum Gasteiger partial charge on any atom is -0.254 e. The van der Waals surface area contributed by atoms with Crippen LogP contribution >= 0.6 is 0 Å². The highest BCUT2D eigenvalue weighted by atomic mass is 19.1. The van der Waals surface area contributed by atoms with Gasteiger partial charge in [-0.2, -0.15) is 4.39 Å². The summed E-state index contributed by atoms with van der Waals surface area (Å²) >= 11 is 0. The Hall–Kier alpha value is -1.18. The number of halogens is 1. The molecule has 1 nitrogen and oxygen atoms in total. The van der Waals surface area contributed by atoms with Gasteiger partial charge < -0.3 is 0 Å². The Balaban J connectivity index is 2.06. The highest BCUT2D eigenvalue weighted by Gasteiger charge is 2.13. The standard InChI is InChI=1S/C13H16FN/c14-13(11-7-3-1-4-8-11)15-12-9-5-2-6-10-12/h1,3-4,7-8,12H,2,5-6,9-10H2. The molecule has 0 heterocycles. The van der Waals surface area contributed by atoms with E-state index in [-0.39, 0.29) is 12.0 Å². The van der Waals surface area contributed by atoms with Gasteiger partial charge >= 0.3 is 0 Å². The first-order valence-corrected chi connectivity index (χ1v) is 5.65. The maximum absolute atomic E-state index is 13.7. The van der Waals surface area contributed by atoms with Crippen LogP contribution in [0.2, 0.25) is 0 Å². The molecular weight excluding hydrogens is 189 g/mol. The van der Waals surface area contributed by atoms with E-state index in [9.17, 15) is 4.39 Å². The Morgan fingerprint density at radius 1 is 1.07 bits per heavy atom. The first kappa shape index (κ1) is 10.3. The van der Waals surface area contributed by atoms with Crippen molar-refractivity contribution in [1.29, 1.82) is 0 Å². The molecule has 0 aliphatic heterocycles. The Bertz CT molecular complexity index is 326. The Kier molecular flexibility index (Phi) is 3.49. The van der Waals surface area contributed by atoms with Crippen LogP contribution in [-0.4, -0.2) is 12.0 Å². The van der Waals surface area contributed by atoms with E-state index in [1.165, 1.54) is 19.3 Å². The topological polar surface area (TPSA) is 12.4 Å². The monoisotopic (exact) mass is 205 g/mol. The van der Waals surface area contributed by atoms with Gasteiger partial charge in [0.05, 0.1) is 6.04 Å². The van der Waals surface area contributed by atoms with Crippen molar-refractivity contribution < 1.29 is 4.39 Å². The predicted octanol–water partition coefficient (Wildman–Crippen LogP) is 3.74. The quantitative estimate of drug-likeness (QED) is 0.652. The van der Waals surface area contributed by atoms with Gasteiger partial charge in [0.15, 0.2) is 0 Å². The summed E-state index contributed by atoms with van der Waals surface area (Å²) in [5.74, 6) is -0.303. The molecule has 1 saturated carbocycles. The summed E-state index contributed by atoms with van der Waals surface area (Å²) in [6.45, 7) is 0. The molecule has 1 aromatic carbocycles. The number of hydrogen-bond acceptors (Lipinski definition) is 1. The zero-order valence-corrected chi connectivity index (χ0v) is 8.82. The van der Waals surface area contributed by atoms with Crippen molar-refractivity contribution in [3.63, 3.8) is 0 Å².